The summed E-state index contributed by atoms with van der Waals surface area (Å²) in [5.41, 5.74) is 3.31. The number of hydrogen-bond acceptors (Lipinski definition) is 5. The molecule has 4 rings (SSSR count). The molecule has 0 spiro atoms. The van der Waals surface area contributed by atoms with Crippen molar-refractivity contribution < 1.29 is 4.79 Å². The van der Waals surface area contributed by atoms with Gasteiger partial charge in [0.1, 0.15) is 12.0 Å². The zero-order valence-electron chi connectivity index (χ0n) is 15.2. The maximum atomic E-state index is 13.0. The Hall–Kier alpha value is -2.83. The van der Waals surface area contributed by atoms with Crippen LogP contribution in [0.4, 0.5) is 0 Å². The standard InChI is InChI=1S/C19H22N6O/c1-11(2)15-9-14(23-19-21-10-22-25(15)19)18(26)24-17(13-6-7-13)16-12(3)5-4-8-20-16/h4-5,8-11,13,17H,6-7H2,1-3H3,(H,24,26). The molecule has 3 heterocycles. The summed E-state index contributed by atoms with van der Waals surface area (Å²) in [4.78, 5) is 26.0. The fourth-order valence-corrected chi connectivity index (χ4v) is 3.24. The number of amides is 1. The van der Waals surface area contributed by atoms with E-state index in [1.807, 2.05) is 19.1 Å². The van der Waals surface area contributed by atoms with Crippen LogP contribution >= 0.6 is 0 Å². The molecule has 1 fully saturated rings. The molecule has 1 aliphatic carbocycles. The van der Waals surface area contributed by atoms with Crippen LogP contribution in [0.25, 0.3) is 5.78 Å². The van der Waals surface area contributed by atoms with Crippen LogP contribution in [0, 0.1) is 12.8 Å². The third kappa shape index (κ3) is 3.05. The molecule has 1 amide bonds. The van der Waals surface area contributed by atoms with Crippen LogP contribution in [0.15, 0.2) is 30.7 Å². The molecule has 0 aromatic carbocycles. The van der Waals surface area contributed by atoms with Gasteiger partial charge in [0.25, 0.3) is 11.7 Å². The second-order valence-electron chi connectivity index (χ2n) is 7.19. The van der Waals surface area contributed by atoms with Gasteiger partial charge in [0.15, 0.2) is 0 Å². The number of carbonyl (C=O) groups excluding carboxylic acids is 1. The van der Waals surface area contributed by atoms with E-state index in [1.165, 1.54) is 6.33 Å². The lowest BCUT2D eigenvalue weighted by Gasteiger charge is -2.19. The molecule has 0 bridgehead atoms. The predicted molar refractivity (Wildman–Crippen MR) is 96.8 cm³/mol. The van der Waals surface area contributed by atoms with Crippen LogP contribution in [-0.2, 0) is 0 Å². The van der Waals surface area contributed by atoms with Crippen molar-refractivity contribution in [2.45, 2.75) is 45.6 Å². The fraction of sp³-hybridized carbons (Fsp3) is 0.421. The van der Waals surface area contributed by atoms with Crippen LogP contribution in [0.1, 0.15) is 66.1 Å². The van der Waals surface area contributed by atoms with Crippen molar-refractivity contribution in [1.82, 2.24) is 29.9 Å². The second-order valence-corrected chi connectivity index (χ2v) is 7.19. The Morgan fingerprint density at radius 1 is 1.31 bits per heavy atom. The fourth-order valence-electron chi connectivity index (χ4n) is 3.24. The molecule has 7 heteroatoms. The molecule has 7 nitrogen and oxygen atoms in total. The molecule has 0 aliphatic heterocycles. The van der Waals surface area contributed by atoms with Gasteiger partial charge in [-0.2, -0.15) is 10.1 Å². The topological polar surface area (TPSA) is 85.1 Å². The van der Waals surface area contributed by atoms with E-state index in [2.05, 4.69) is 39.2 Å². The molecule has 1 N–H and O–H groups in total. The Bertz CT molecular complexity index is 960. The van der Waals surface area contributed by atoms with E-state index in [0.29, 0.717) is 17.4 Å². The summed E-state index contributed by atoms with van der Waals surface area (Å²) >= 11 is 0. The zero-order valence-corrected chi connectivity index (χ0v) is 15.2. The van der Waals surface area contributed by atoms with Gasteiger partial charge in [0.05, 0.1) is 17.4 Å². The number of hydrogen-bond donors (Lipinski definition) is 1. The first-order valence-electron chi connectivity index (χ1n) is 8.97. The molecule has 0 radical (unpaired) electrons. The Kier molecular flexibility index (Phi) is 4.14. The average Bonchev–Trinajstić information content (AvgIpc) is 3.35. The van der Waals surface area contributed by atoms with E-state index < -0.39 is 0 Å². The number of nitrogens with zero attached hydrogens (tertiary/aromatic N) is 5. The zero-order chi connectivity index (χ0) is 18.3. The lowest BCUT2D eigenvalue weighted by molar-refractivity contribution is 0.0925. The average molecular weight is 350 g/mol. The van der Waals surface area contributed by atoms with Gasteiger partial charge in [0.2, 0.25) is 0 Å². The van der Waals surface area contributed by atoms with Crippen LogP contribution < -0.4 is 5.32 Å². The van der Waals surface area contributed by atoms with E-state index >= 15 is 0 Å². The number of carbonyl (C=O) groups is 1. The molecule has 1 atom stereocenters. The van der Waals surface area contributed by atoms with Gasteiger partial charge >= 0.3 is 0 Å². The summed E-state index contributed by atoms with van der Waals surface area (Å²) in [7, 11) is 0. The van der Waals surface area contributed by atoms with Crippen LogP contribution in [0.2, 0.25) is 0 Å². The van der Waals surface area contributed by atoms with Crippen molar-refractivity contribution in [1.29, 1.82) is 0 Å². The largest absolute Gasteiger partial charge is 0.342 e. The first-order chi connectivity index (χ1) is 12.5. The highest BCUT2D eigenvalue weighted by Crippen LogP contribution is 2.41. The summed E-state index contributed by atoms with van der Waals surface area (Å²) in [6.07, 6.45) is 5.45. The highest BCUT2D eigenvalue weighted by molar-refractivity contribution is 5.93. The molecule has 1 saturated carbocycles. The molecular formula is C19H22N6O. The number of rotatable bonds is 5. The van der Waals surface area contributed by atoms with Crippen LogP contribution in [0.3, 0.4) is 0 Å². The number of fused-ring (bicyclic) bond motifs is 1. The smallest absolute Gasteiger partial charge is 0.270 e. The summed E-state index contributed by atoms with van der Waals surface area (Å²) in [5.74, 6) is 0.887. The molecule has 0 saturated heterocycles. The third-order valence-electron chi connectivity index (χ3n) is 4.83. The minimum Gasteiger partial charge on any atom is -0.342 e. The number of aromatic nitrogens is 5. The minimum atomic E-state index is -0.195. The Morgan fingerprint density at radius 3 is 2.81 bits per heavy atom. The Balaban J connectivity index is 1.67. The molecule has 26 heavy (non-hydrogen) atoms. The Morgan fingerprint density at radius 2 is 2.12 bits per heavy atom. The molecule has 3 aromatic heterocycles. The summed E-state index contributed by atoms with van der Waals surface area (Å²) in [5, 5.41) is 7.35. The van der Waals surface area contributed by atoms with E-state index in [9.17, 15) is 4.79 Å². The SMILES string of the molecule is Cc1cccnc1C(NC(=O)c1cc(C(C)C)n2ncnc2n1)C1CC1. The lowest BCUT2D eigenvalue weighted by Crippen LogP contribution is -2.32. The van der Waals surface area contributed by atoms with Crippen molar-refractivity contribution in [3.8, 4) is 0 Å². The lowest BCUT2D eigenvalue weighted by atomic mass is 10.0. The maximum Gasteiger partial charge on any atom is 0.270 e. The minimum absolute atomic E-state index is 0.0814. The van der Waals surface area contributed by atoms with Gasteiger partial charge < -0.3 is 5.32 Å². The number of pyridine rings is 1. The number of aryl methyl sites for hydroxylation is 1. The predicted octanol–water partition coefficient (Wildman–Crippen LogP) is 2.83. The first kappa shape index (κ1) is 16.6. The summed E-state index contributed by atoms with van der Waals surface area (Å²) in [6, 6.07) is 5.67. The monoisotopic (exact) mass is 350 g/mol. The van der Waals surface area contributed by atoms with Crippen molar-refractivity contribution in [2.75, 3.05) is 0 Å². The quantitative estimate of drug-likeness (QED) is 0.765. The third-order valence-corrected chi connectivity index (χ3v) is 4.83. The van der Waals surface area contributed by atoms with Crippen LogP contribution in [0.5, 0.6) is 0 Å². The van der Waals surface area contributed by atoms with Crippen molar-refractivity contribution in [3.05, 3.63) is 53.4 Å². The van der Waals surface area contributed by atoms with E-state index in [0.717, 1.165) is 29.8 Å². The van der Waals surface area contributed by atoms with Gasteiger partial charge in [-0.1, -0.05) is 19.9 Å². The van der Waals surface area contributed by atoms with Crippen molar-refractivity contribution in [3.63, 3.8) is 0 Å². The first-order valence-corrected chi connectivity index (χ1v) is 8.97. The number of nitrogens with one attached hydrogen (secondary N) is 1. The van der Waals surface area contributed by atoms with E-state index in [1.54, 1.807) is 16.8 Å². The normalized spacial score (nSPS) is 15.4. The molecule has 1 unspecified atom stereocenters. The highest BCUT2D eigenvalue weighted by atomic mass is 16.2. The summed E-state index contributed by atoms with van der Waals surface area (Å²) in [6.45, 7) is 6.14. The molecular weight excluding hydrogens is 328 g/mol. The maximum absolute atomic E-state index is 13.0. The van der Waals surface area contributed by atoms with Crippen LogP contribution in [-0.4, -0.2) is 30.5 Å². The highest BCUT2D eigenvalue weighted by Gasteiger charge is 2.35. The van der Waals surface area contributed by atoms with Gasteiger partial charge in [-0.25, -0.2) is 9.50 Å². The molecule has 1 aliphatic rings. The Labute approximate surface area is 151 Å². The van der Waals surface area contributed by atoms with Gasteiger partial charge in [-0.05, 0) is 49.3 Å². The molecule has 134 valence electrons. The second kappa shape index (κ2) is 6.48. The van der Waals surface area contributed by atoms with Gasteiger partial charge in [-0.15, -0.1) is 0 Å². The van der Waals surface area contributed by atoms with Gasteiger partial charge in [-0.3, -0.25) is 9.78 Å². The van der Waals surface area contributed by atoms with Gasteiger partial charge in [0, 0.05) is 6.20 Å². The van der Waals surface area contributed by atoms with E-state index in [-0.39, 0.29) is 17.9 Å². The van der Waals surface area contributed by atoms with Crippen molar-refractivity contribution >= 4 is 11.7 Å². The van der Waals surface area contributed by atoms with Crippen molar-refractivity contribution in [2.24, 2.45) is 5.92 Å². The summed E-state index contributed by atoms with van der Waals surface area (Å²) < 4.78 is 1.68. The molecule has 3 aromatic rings. The van der Waals surface area contributed by atoms with E-state index in [4.69, 9.17) is 0 Å².